The molecule has 0 amide bonds. The van der Waals surface area contributed by atoms with Crippen LogP contribution in [-0.4, -0.2) is 16.8 Å². The van der Waals surface area contributed by atoms with Crippen molar-refractivity contribution >= 4 is 22.9 Å². The second-order valence-electron chi connectivity index (χ2n) is 3.66. The molecule has 0 aliphatic carbocycles. The van der Waals surface area contributed by atoms with Gasteiger partial charge in [0.2, 0.25) is 0 Å². The highest BCUT2D eigenvalue weighted by Gasteiger charge is 2.15. The molecule has 0 saturated carbocycles. The van der Waals surface area contributed by atoms with Crippen LogP contribution in [0.5, 0.6) is 0 Å². The Balaban J connectivity index is 2.53. The monoisotopic (exact) mass is 255 g/mol. The highest BCUT2D eigenvalue weighted by molar-refractivity contribution is 7.19. The summed E-state index contributed by atoms with van der Waals surface area (Å²) < 4.78 is 2.73. The molecule has 0 saturated heterocycles. The third-order valence-corrected chi connectivity index (χ3v) is 3.82. The largest absolute Gasteiger partial charge is 0.314 e. The Bertz CT molecular complexity index is 501. The standard InChI is InChI=1S/C11H14ClN3S/c1-7-11(9-4-5-10(12)16-9)8(6-13-2)14-15(7)3/h4-5,13H,6H2,1-3H3. The van der Waals surface area contributed by atoms with Gasteiger partial charge in [0.05, 0.1) is 10.0 Å². The third kappa shape index (κ3) is 2.00. The van der Waals surface area contributed by atoms with E-state index in [1.165, 1.54) is 16.1 Å². The van der Waals surface area contributed by atoms with Crippen LogP contribution in [0, 0.1) is 6.92 Å². The maximum atomic E-state index is 5.97. The molecule has 2 aromatic heterocycles. The number of nitrogens with zero attached hydrogens (tertiary/aromatic N) is 2. The Labute approximate surface area is 104 Å². The highest BCUT2D eigenvalue weighted by atomic mass is 35.5. The molecule has 0 aromatic carbocycles. The average molecular weight is 256 g/mol. The molecule has 0 spiro atoms. The van der Waals surface area contributed by atoms with Gasteiger partial charge in [0.25, 0.3) is 0 Å². The lowest BCUT2D eigenvalue weighted by atomic mass is 10.1. The topological polar surface area (TPSA) is 29.9 Å². The molecule has 16 heavy (non-hydrogen) atoms. The molecule has 0 aliphatic heterocycles. The van der Waals surface area contributed by atoms with E-state index in [-0.39, 0.29) is 0 Å². The predicted molar refractivity (Wildman–Crippen MR) is 69.0 cm³/mol. The number of thiophene rings is 1. The number of aryl methyl sites for hydroxylation is 1. The predicted octanol–water partition coefficient (Wildman–Crippen LogP) is 2.83. The molecule has 0 bridgehead atoms. The maximum absolute atomic E-state index is 5.97. The van der Waals surface area contributed by atoms with Crippen molar-refractivity contribution in [3.8, 4) is 10.4 Å². The second-order valence-corrected chi connectivity index (χ2v) is 5.38. The van der Waals surface area contributed by atoms with Crippen LogP contribution in [-0.2, 0) is 13.6 Å². The van der Waals surface area contributed by atoms with Crippen LogP contribution in [0.15, 0.2) is 12.1 Å². The van der Waals surface area contributed by atoms with Gasteiger partial charge in [-0.05, 0) is 26.1 Å². The van der Waals surface area contributed by atoms with Crippen LogP contribution in [0.1, 0.15) is 11.4 Å². The van der Waals surface area contributed by atoms with Crippen molar-refractivity contribution in [3.63, 3.8) is 0 Å². The van der Waals surface area contributed by atoms with Crippen molar-refractivity contribution in [2.75, 3.05) is 7.05 Å². The average Bonchev–Trinajstić information content (AvgIpc) is 2.74. The molecule has 86 valence electrons. The molecule has 3 nitrogen and oxygen atoms in total. The Hall–Kier alpha value is -0.840. The molecule has 1 N–H and O–H groups in total. The summed E-state index contributed by atoms with van der Waals surface area (Å²) in [5.74, 6) is 0. The van der Waals surface area contributed by atoms with Gasteiger partial charge in [0, 0.05) is 29.7 Å². The Kier molecular flexibility index (Phi) is 3.33. The molecule has 0 atom stereocenters. The summed E-state index contributed by atoms with van der Waals surface area (Å²) in [6, 6.07) is 3.98. The van der Waals surface area contributed by atoms with Crippen molar-refractivity contribution in [3.05, 3.63) is 27.9 Å². The van der Waals surface area contributed by atoms with E-state index in [1.807, 2.05) is 24.8 Å². The molecule has 2 heterocycles. The van der Waals surface area contributed by atoms with E-state index in [0.717, 1.165) is 16.6 Å². The summed E-state index contributed by atoms with van der Waals surface area (Å²) in [6.07, 6.45) is 0. The zero-order chi connectivity index (χ0) is 11.7. The van der Waals surface area contributed by atoms with Crippen LogP contribution in [0.2, 0.25) is 4.34 Å². The highest BCUT2D eigenvalue weighted by Crippen LogP contribution is 2.34. The fourth-order valence-corrected chi connectivity index (χ4v) is 2.90. The number of halogens is 1. The quantitative estimate of drug-likeness (QED) is 0.914. The molecule has 0 unspecified atom stereocenters. The molecule has 2 aromatic rings. The fraction of sp³-hybridized carbons (Fsp3) is 0.364. The minimum absolute atomic E-state index is 0.770. The van der Waals surface area contributed by atoms with Gasteiger partial charge >= 0.3 is 0 Å². The summed E-state index contributed by atoms with van der Waals surface area (Å²) in [7, 11) is 3.89. The second kappa shape index (κ2) is 4.57. The number of nitrogens with one attached hydrogen (secondary N) is 1. The van der Waals surface area contributed by atoms with Gasteiger partial charge in [0.15, 0.2) is 0 Å². The van der Waals surface area contributed by atoms with E-state index in [4.69, 9.17) is 11.6 Å². The van der Waals surface area contributed by atoms with Crippen molar-refractivity contribution < 1.29 is 0 Å². The Morgan fingerprint density at radius 3 is 2.81 bits per heavy atom. The van der Waals surface area contributed by atoms with Gasteiger partial charge in [-0.2, -0.15) is 5.10 Å². The molecular weight excluding hydrogens is 242 g/mol. The first-order valence-corrected chi connectivity index (χ1v) is 6.25. The summed E-state index contributed by atoms with van der Waals surface area (Å²) in [4.78, 5) is 1.18. The molecular formula is C11H14ClN3S. The Morgan fingerprint density at radius 1 is 1.50 bits per heavy atom. The van der Waals surface area contributed by atoms with Gasteiger partial charge in [-0.25, -0.2) is 0 Å². The minimum atomic E-state index is 0.770. The van der Waals surface area contributed by atoms with E-state index >= 15 is 0 Å². The molecule has 2 rings (SSSR count). The zero-order valence-electron chi connectivity index (χ0n) is 9.54. The summed E-state index contributed by atoms with van der Waals surface area (Å²) in [6.45, 7) is 2.85. The lowest BCUT2D eigenvalue weighted by Crippen LogP contribution is -2.06. The minimum Gasteiger partial charge on any atom is -0.314 e. The third-order valence-electron chi connectivity index (χ3n) is 2.57. The summed E-state index contributed by atoms with van der Waals surface area (Å²) >= 11 is 7.57. The van der Waals surface area contributed by atoms with Crippen LogP contribution in [0.3, 0.4) is 0 Å². The Morgan fingerprint density at radius 2 is 2.25 bits per heavy atom. The smallest absolute Gasteiger partial charge is 0.0934 e. The summed E-state index contributed by atoms with van der Waals surface area (Å²) in [5.41, 5.74) is 3.44. The zero-order valence-corrected chi connectivity index (χ0v) is 11.1. The normalized spacial score (nSPS) is 11.0. The molecule has 0 radical (unpaired) electrons. The maximum Gasteiger partial charge on any atom is 0.0934 e. The van der Waals surface area contributed by atoms with E-state index in [1.54, 1.807) is 11.3 Å². The van der Waals surface area contributed by atoms with E-state index in [2.05, 4.69) is 23.4 Å². The van der Waals surface area contributed by atoms with Gasteiger partial charge in [0.1, 0.15) is 0 Å². The number of hydrogen-bond donors (Lipinski definition) is 1. The summed E-state index contributed by atoms with van der Waals surface area (Å²) in [5, 5.41) is 7.64. The number of hydrogen-bond acceptors (Lipinski definition) is 3. The van der Waals surface area contributed by atoms with Gasteiger partial charge in [-0.3, -0.25) is 4.68 Å². The van der Waals surface area contributed by atoms with Gasteiger partial charge in [-0.1, -0.05) is 11.6 Å². The lowest BCUT2D eigenvalue weighted by Gasteiger charge is -2.00. The lowest BCUT2D eigenvalue weighted by molar-refractivity contribution is 0.698. The van der Waals surface area contributed by atoms with Crippen molar-refractivity contribution in [2.24, 2.45) is 7.05 Å². The number of rotatable bonds is 3. The van der Waals surface area contributed by atoms with E-state index in [0.29, 0.717) is 0 Å². The van der Waals surface area contributed by atoms with Crippen LogP contribution in [0.4, 0.5) is 0 Å². The van der Waals surface area contributed by atoms with Gasteiger partial charge in [-0.15, -0.1) is 11.3 Å². The molecule has 0 fully saturated rings. The van der Waals surface area contributed by atoms with Crippen molar-refractivity contribution in [2.45, 2.75) is 13.5 Å². The van der Waals surface area contributed by atoms with Crippen LogP contribution >= 0.6 is 22.9 Å². The first-order valence-electron chi connectivity index (χ1n) is 5.06. The van der Waals surface area contributed by atoms with Crippen LogP contribution < -0.4 is 5.32 Å². The van der Waals surface area contributed by atoms with Crippen LogP contribution in [0.25, 0.3) is 10.4 Å². The van der Waals surface area contributed by atoms with E-state index < -0.39 is 0 Å². The first-order chi connectivity index (χ1) is 7.63. The van der Waals surface area contributed by atoms with Gasteiger partial charge < -0.3 is 5.32 Å². The van der Waals surface area contributed by atoms with Crippen molar-refractivity contribution in [1.29, 1.82) is 0 Å². The molecule has 5 heteroatoms. The fourth-order valence-electron chi connectivity index (χ4n) is 1.74. The SMILES string of the molecule is CNCc1nn(C)c(C)c1-c1ccc(Cl)s1. The van der Waals surface area contributed by atoms with E-state index in [9.17, 15) is 0 Å². The van der Waals surface area contributed by atoms with Crippen molar-refractivity contribution in [1.82, 2.24) is 15.1 Å². The number of aromatic nitrogens is 2. The first kappa shape index (κ1) is 11.6. The molecule has 0 aliphatic rings.